The van der Waals surface area contributed by atoms with Crippen LogP contribution in [-0.2, 0) is 4.79 Å². The van der Waals surface area contributed by atoms with Gasteiger partial charge < -0.3 is 10.4 Å². The zero-order valence-corrected chi connectivity index (χ0v) is 12.9. The van der Waals surface area contributed by atoms with E-state index in [1.807, 2.05) is 13.8 Å². The van der Waals surface area contributed by atoms with Gasteiger partial charge in [-0.15, -0.1) is 0 Å². The summed E-state index contributed by atoms with van der Waals surface area (Å²) in [5, 5.41) is 15.4. The van der Waals surface area contributed by atoms with Crippen molar-refractivity contribution in [3.8, 4) is 5.69 Å². The molecule has 0 aliphatic rings. The third-order valence-electron chi connectivity index (χ3n) is 3.29. The Labute approximate surface area is 132 Å². The van der Waals surface area contributed by atoms with E-state index < -0.39 is 5.97 Å². The van der Waals surface area contributed by atoms with Crippen molar-refractivity contribution in [2.45, 2.75) is 26.2 Å². The highest BCUT2D eigenvalue weighted by Crippen LogP contribution is 2.23. The molecule has 6 nitrogen and oxygen atoms in total. The number of amides is 1. The number of hydrogen-bond donors (Lipinski definition) is 2. The second-order valence-electron chi connectivity index (χ2n) is 5.39. The van der Waals surface area contributed by atoms with Gasteiger partial charge in [0.05, 0.1) is 29.6 Å². The molecule has 7 heteroatoms. The highest BCUT2D eigenvalue weighted by Gasteiger charge is 2.20. The first kappa shape index (κ1) is 16.7. The van der Waals surface area contributed by atoms with E-state index in [0.717, 1.165) is 0 Å². The Hall–Kier alpha value is -2.70. The summed E-state index contributed by atoms with van der Waals surface area (Å²) < 4.78 is 14.7. The first-order valence-corrected chi connectivity index (χ1v) is 7.24. The largest absolute Gasteiger partial charge is 0.481 e. The number of benzene rings is 1. The van der Waals surface area contributed by atoms with Crippen LogP contribution in [0.2, 0.25) is 0 Å². The van der Waals surface area contributed by atoms with E-state index in [0.29, 0.717) is 16.9 Å². The lowest BCUT2D eigenvalue weighted by molar-refractivity contribution is -0.136. The number of nitrogens with zero attached hydrogens (tertiary/aromatic N) is 2. The van der Waals surface area contributed by atoms with Gasteiger partial charge in [0.25, 0.3) is 5.91 Å². The summed E-state index contributed by atoms with van der Waals surface area (Å²) in [7, 11) is 0. The Kier molecular flexibility index (Phi) is 5.10. The smallest absolute Gasteiger partial charge is 0.305 e. The molecule has 0 saturated carbocycles. The molecule has 0 spiro atoms. The number of carboxylic acid groups (broad SMARTS) is 1. The molecule has 2 N–H and O–H groups in total. The lowest BCUT2D eigenvalue weighted by atomic mass is 10.0. The molecule has 2 rings (SSSR count). The average molecular weight is 319 g/mol. The number of carboxylic acids is 1. The van der Waals surface area contributed by atoms with Gasteiger partial charge in [0.2, 0.25) is 0 Å². The van der Waals surface area contributed by atoms with Crippen molar-refractivity contribution in [1.82, 2.24) is 15.1 Å². The molecule has 122 valence electrons. The van der Waals surface area contributed by atoms with E-state index in [-0.39, 0.29) is 30.6 Å². The number of aliphatic carboxylic acids is 1. The van der Waals surface area contributed by atoms with Gasteiger partial charge in [0, 0.05) is 6.54 Å². The molecule has 0 radical (unpaired) electrons. The molecule has 1 aromatic heterocycles. The van der Waals surface area contributed by atoms with Gasteiger partial charge in [-0.2, -0.15) is 5.10 Å². The maximum absolute atomic E-state index is 13.1. The number of carbonyl (C=O) groups is 2. The maximum atomic E-state index is 13.1. The lowest BCUT2D eigenvalue weighted by Gasteiger charge is -2.13. The third-order valence-corrected chi connectivity index (χ3v) is 3.29. The second kappa shape index (κ2) is 7.04. The molecule has 1 heterocycles. The number of hydrogen-bond acceptors (Lipinski definition) is 3. The minimum absolute atomic E-state index is 0.00257. The molecule has 0 aliphatic carbocycles. The number of halogens is 1. The molecular formula is C16H18FN3O3. The summed E-state index contributed by atoms with van der Waals surface area (Å²) in [5.41, 5.74) is 1.72. The highest BCUT2D eigenvalue weighted by atomic mass is 19.1. The molecular weight excluding hydrogens is 301 g/mol. The van der Waals surface area contributed by atoms with Gasteiger partial charge in [-0.1, -0.05) is 13.8 Å². The fourth-order valence-electron chi connectivity index (χ4n) is 2.25. The van der Waals surface area contributed by atoms with Gasteiger partial charge in [-0.25, -0.2) is 9.07 Å². The van der Waals surface area contributed by atoms with E-state index in [1.165, 1.54) is 18.3 Å². The first-order valence-electron chi connectivity index (χ1n) is 7.24. The van der Waals surface area contributed by atoms with Crippen molar-refractivity contribution in [2.24, 2.45) is 0 Å². The quantitative estimate of drug-likeness (QED) is 0.856. The molecule has 0 aliphatic heterocycles. The van der Waals surface area contributed by atoms with Crippen LogP contribution in [0, 0.1) is 5.82 Å². The van der Waals surface area contributed by atoms with Gasteiger partial charge >= 0.3 is 5.97 Å². The predicted molar refractivity (Wildman–Crippen MR) is 82.2 cm³/mol. The molecule has 0 fully saturated rings. The normalized spacial score (nSPS) is 10.8. The summed E-state index contributed by atoms with van der Waals surface area (Å²) >= 11 is 0. The number of aromatic nitrogens is 2. The molecule has 2 aromatic rings. The molecule has 0 atom stereocenters. The van der Waals surface area contributed by atoms with Crippen LogP contribution in [-0.4, -0.2) is 33.3 Å². The van der Waals surface area contributed by atoms with Crippen molar-refractivity contribution in [3.05, 3.63) is 47.5 Å². The van der Waals surface area contributed by atoms with Crippen LogP contribution in [0.1, 0.15) is 42.2 Å². The lowest BCUT2D eigenvalue weighted by Crippen LogP contribution is -2.27. The van der Waals surface area contributed by atoms with Gasteiger partial charge in [0.1, 0.15) is 5.82 Å². The monoisotopic (exact) mass is 319 g/mol. The Morgan fingerprint density at radius 2 is 1.96 bits per heavy atom. The molecule has 0 unspecified atom stereocenters. The van der Waals surface area contributed by atoms with E-state index in [1.54, 1.807) is 16.8 Å². The van der Waals surface area contributed by atoms with Crippen molar-refractivity contribution in [2.75, 3.05) is 6.54 Å². The molecule has 23 heavy (non-hydrogen) atoms. The highest BCUT2D eigenvalue weighted by molar-refractivity contribution is 5.95. The SMILES string of the molecule is CC(C)c1c(C(=O)NCCC(=O)O)cnn1-c1ccc(F)cc1. The minimum Gasteiger partial charge on any atom is -0.481 e. The Morgan fingerprint density at radius 3 is 2.52 bits per heavy atom. The van der Waals surface area contributed by atoms with E-state index in [9.17, 15) is 14.0 Å². The summed E-state index contributed by atoms with van der Waals surface area (Å²) in [6.07, 6.45) is 1.30. The van der Waals surface area contributed by atoms with E-state index >= 15 is 0 Å². The molecule has 0 saturated heterocycles. The molecule has 1 aromatic carbocycles. The first-order chi connectivity index (χ1) is 10.9. The van der Waals surface area contributed by atoms with Crippen molar-refractivity contribution in [3.63, 3.8) is 0 Å². The summed E-state index contributed by atoms with van der Waals surface area (Å²) in [6, 6.07) is 5.82. The van der Waals surface area contributed by atoms with Crippen LogP contribution < -0.4 is 5.32 Å². The maximum Gasteiger partial charge on any atom is 0.305 e. The van der Waals surface area contributed by atoms with Gasteiger partial charge in [0.15, 0.2) is 0 Å². The van der Waals surface area contributed by atoms with Crippen LogP contribution in [0.15, 0.2) is 30.5 Å². The minimum atomic E-state index is -0.976. The van der Waals surface area contributed by atoms with Gasteiger partial charge in [-0.3, -0.25) is 9.59 Å². The van der Waals surface area contributed by atoms with Crippen LogP contribution >= 0.6 is 0 Å². The summed E-state index contributed by atoms with van der Waals surface area (Å²) in [6.45, 7) is 3.89. The average Bonchev–Trinajstić information content (AvgIpc) is 2.92. The van der Waals surface area contributed by atoms with E-state index in [4.69, 9.17) is 5.11 Å². The molecule has 1 amide bonds. The number of carbonyl (C=O) groups excluding carboxylic acids is 1. The Balaban J connectivity index is 2.29. The Morgan fingerprint density at radius 1 is 1.30 bits per heavy atom. The fourth-order valence-corrected chi connectivity index (χ4v) is 2.25. The number of rotatable bonds is 6. The third kappa shape index (κ3) is 3.94. The van der Waals surface area contributed by atoms with E-state index in [2.05, 4.69) is 10.4 Å². The second-order valence-corrected chi connectivity index (χ2v) is 5.39. The van der Waals surface area contributed by atoms with Crippen molar-refractivity contribution in [1.29, 1.82) is 0 Å². The summed E-state index contributed by atoms with van der Waals surface area (Å²) in [4.78, 5) is 22.7. The van der Waals surface area contributed by atoms with Gasteiger partial charge in [-0.05, 0) is 30.2 Å². The Bertz CT molecular complexity index is 708. The summed E-state index contributed by atoms with van der Waals surface area (Å²) in [5.74, 6) is -1.69. The standard InChI is InChI=1S/C16H18FN3O3/c1-10(2)15-13(16(23)18-8-7-14(21)22)9-19-20(15)12-5-3-11(17)4-6-12/h3-6,9-10H,7-8H2,1-2H3,(H,18,23)(H,21,22). The van der Waals surface area contributed by atoms with Crippen LogP contribution in [0.4, 0.5) is 4.39 Å². The fraction of sp³-hybridized carbons (Fsp3) is 0.312. The zero-order chi connectivity index (χ0) is 17.0. The zero-order valence-electron chi connectivity index (χ0n) is 12.9. The number of nitrogens with one attached hydrogen (secondary N) is 1. The predicted octanol–water partition coefficient (Wildman–Crippen LogP) is 2.34. The van der Waals surface area contributed by atoms with Crippen LogP contribution in [0.25, 0.3) is 5.69 Å². The van der Waals surface area contributed by atoms with Crippen molar-refractivity contribution >= 4 is 11.9 Å². The topological polar surface area (TPSA) is 84.2 Å². The molecule has 0 bridgehead atoms. The van der Waals surface area contributed by atoms with Crippen LogP contribution in [0.3, 0.4) is 0 Å². The van der Waals surface area contributed by atoms with Crippen LogP contribution in [0.5, 0.6) is 0 Å². The van der Waals surface area contributed by atoms with Crippen molar-refractivity contribution < 1.29 is 19.1 Å².